The summed E-state index contributed by atoms with van der Waals surface area (Å²) in [5.74, 6) is -0.0353. The largest absolute Gasteiger partial charge is 0.508 e. The number of anilines is 1. The van der Waals surface area contributed by atoms with Crippen LogP contribution in [0.15, 0.2) is 66.7 Å². The normalized spacial score (nSPS) is 12.5. The number of nitrogens with one attached hydrogen (secondary N) is 2. The fraction of sp³-hybridized carbons (Fsp3) is 0.447. The second-order valence-corrected chi connectivity index (χ2v) is 13.0. The molecule has 3 aromatic rings. The van der Waals surface area contributed by atoms with Crippen molar-refractivity contribution in [2.75, 3.05) is 19.0 Å². The number of methoxy groups -OCH3 is 1. The zero-order valence-corrected chi connectivity index (χ0v) is 28.9. The van der Waals surface area contributed by atoms with Gasteiger partial charge in [-0.1, -0.05) is 62.9 Å². The molecule has 3 N–H and O–H groups in total. The molecule has 0 bridgehead atoms. The van der Waals surface area contributed by atoms with Gasteiger partial charge in [-0.25, -0.2) is 4.79 Å². The van der Waals surface area contributed by atoms with Gasteiger partial charge in [0.25, 0.3) is 5.91 Å². The summed E-state index contributed by atoms with van der Waals surface area (Å²) in [7, 11) is 1.58. The first-order chi connectivity index (χ1) is 22.3. The molecule has 3 aromatic carbocycles. The molecule has 9 nitrogen and oxygen atoms in total. The van der Waals surface area contributed by atoms with Crippen LogP contribution < -0.4 is 15.4 Å². The molecule has 0 spiro atoms. The summed E-state index contributed by atoms with van der Waals surface area (Å²) in [5.41, 5.74) is 3.24. The van der Waals surface area contributed by atoms with Crippen molar-refractivity contribution in [1.82, 2.24) is 10.2 Å². The van der Waals surface area contributed by atoms with E-state index >= 15 is 0 Å². The molecule has 47 heavy (non-hydrogen) atoms. The average molecular weight is 646 g/mol. The van der Waals surface area contributed by atoms with Crippen LogP contribution in [0, 0.1) is 13.8 Å². The van der Waals surface area contributed by atoms with Crippen LogP contribution in [-0.2, 0) is 20.7 Å². The fourth-order valence-electron chi connectivity index (χ4n) is 5.26. The average Bonchev–Trinajstić information content (AvgIpc) is 3.01. The van der Waals surface area contributed by atoms with Crippen LogP contribution in [0.3, 0.4) is 0 Å². The van der Waals surface area contributed by atoms with Gasteiger partial charge in [0.1, 0.15) is 29.2 Å². The number of amides is 3. The summed E-state index contributed by atoms with van der Waals surface area (Å²) in [6.07, 6.45) is 4.13. The van der Waals surface area contributed by atoms with Gasteiger partial charge in [0.05, 0.1) is 7.11 Å². The molecule has 2 atom stereocenters. The highest BCUT2D eigenvalue weighted by molar-refractivity contribution is 5.99. The highest BCUT2D eigenvalue weighted by Crippen LogP contribution is 2.28. The van der Waals surface area contributed by atoms with Gasteiger partial charge in [-0.15, -0.1) is 0 Å². The van der Waals surface area contributed by atoms with E-state index in [1.807, 2.05) is 32.0 Å². The molecule has 0 aliphatic heterocycles. The molecule has 0 aromatic heterocycles. The number of carbonyl (C=O) groups excluding carboxylic acids is 3. The van der Waals surface area contributed by atoms with E-state index in [1.54, 1.807) is 69.2 Å². The quantitative estimate of drug-likeness (QED) is 0.146. The highest BCUT2D eigenvalue weighted by Gasteiger charge is 2.36. The van der Waals surface area contributed by atoms with E-state index < -0.39 is 29.7 Å². The van der Waals surface area contributed by atoms with Crippen molar-refractivity contribution in [2.24, 2.45) is 0 Å². The van der Waals surface area contributed by atoms with Gasteiger partial charge in [0.15, 0.2) is 0 Å². The molecule has 3 amide bonds. The van der Waals surface area contributed by atoms with Crippen molar-refractivity contribution in [2.45, 2.75) is 97.8 Å². The number of nitrogens with zero attached hydrogens (tertiary/aromatic N) is 1. The number of unbranched alkanes of at least 4 members (excludes halogenated alkanes) is 4. The number of hydrogen-bond acceptors (Lipinski definition) is 6. The minimum absolute atomic E-state index is 0.0930. The predicted octanol–water partition coefficient (Wildman–Crippen LogP) is 7.63. The lowest BCUT2D eigenvalue weighted by atomic mass is 9.97. The number of aryl methyl sites for hydroxylation is 2. The van der Waals surface area contributed by atoms with E-state index in [4.69, 9.17) is 9.47 Å². The number of benzene rings is 3. The van der Waals surface area contributed by atoms with Crippen molar-refractivity contribution in [3.05, 3.63) is 89.0 Å². The number of carbonyl (C=O) groups is 3. The van der Waals surface area contributed by atoms with Crippen LogP contribution in [-0.4, -0.2) is 53.2 Å². The minimum Gasteiger partial charge on any atom is -0.508 e. The lowest BCUT2D eigenvalue weighted by Crippen LogP contribution is -2.53. The first-order valence-electron chi connectivity index (χ1n) is 16.4. The second-order valence-electron chi connectivity index (χ2n) is 13.0. The Balaban J connectivity index is 2.09. The van der Waals surface area contributed by atoms with E-state index in [9.17, 15) is 19.5 Å². The Labute approximate surface area is 279 Å². The zero-order chi connectivity index (χ0) is 34.6. The van der Waals surface area contributed by atoms with E-state index in [0.717, 1.165) is 42.4 Å². The number of aromatic hydroxyl groups is 1. The van der Waals surface area contributed by atoms with Crippen molar-refractivity contribution < 1.29 is 29.0 Å². The number of alkyl carbamates (subject to hydrolysis) is 1. The van der Waals surface area contributed by atoms with E-state index in [-0.39, 0.29) is 18.1 Å². The molecule has 9 heteroatoms. The van der Waals surface area contributed by atoms with E-state index in [1.165, 1.54) is 12.1 Å². The van der Waals surface area contributed by atoms with Crippen molar-refractivity contribution in [3.8, 4) is 11.5 Å². The molecule has 0 saturated carbocycles. The van der Waals surface area contributed by atoms with Gasteiger partial charge in [-0.05, 0) is 99.7 Å². The third-order valence-electron chi connectivity index (χ3n) is 7.92. The fourth-order valence-corrected chi connectivity index (χ4v) is 5.26. The molecule has 0 fully saturated rings. The smallest absolute Gasteiger partial charge is 0.408 e. The second kappa shape index (κ2) is 17.4. The molecular formula is C38H51N3O6. The summed E-state index contributed by atoms with van der Waals surface area (Å²) in [5, 5.41) is 15.7. The standard InChI is InChI=1S/C38H51N3O6/c1-8-9-10-11-12-23-41(36(44)33(40-37(45)47-38(4,5)6)25-28-14-19-31(42)20-15-28)34(29-16-13-26(2)27(3)24-29)35(43)39-30-17-21-32(46-7)22-18-30/h13-22,24,33-34,42H,8-12,23,25H2,1-7H3,(H,39,43)(H,40,45). The monoisotopic (exact) mass is 645 g/mol. The molecule has 0 radical (unpaired) electrons. The Hall–Kier alpha value is -4.53. The Kier molecular flexibility index (Phi) is 13.7. The summed E-state index contributed by atoms with van der Waals surface area (Å²) in [4.78, 5) is 43.7. The summed E-state index contributed by atoms with van der Waals surface area (Å²) >= 11 is 0. The molecule has 254 valence electrons. The summed E-state index contributed by atoms with van der Waals surface area (Å²) < 4.78 is 10.8. The highest BCUT2D eigenvalue weighted by atomic mass is 16.6. The SMILES string of the molecule is CCCCCCCN(C(=O)C(Cc1ccc(O)cc1)NC(=O)OC(C)(C)C)C(C(=O)Nc1ccc(OC)cc1)c1ccc(C)c(C)c1. The molecule has 3 rings (SSSR count). The van der Waals surface area contributed by atoms with Crippen LogP contribution in [0.4, 0.5) is 10.5 Å². The minimum atomic E-state index is -1.05. The lowest BCUT2D eigenvalue weighted by Gasteiger charge is -2.35. The molecule has 0 heterocycles. The molecule has 0 saturated heterocycles. The number of ether oxygens (including phenoxy) is 2. The number of phenols is 1. The maximum absolute atomic E-state index is 14.8. The van der Waals surface area contributed by atoms with Gasteiger partial charge in [0, 0.05) is 18.7 Å². The van der Waals surface area contributed by atoms with Gasteiger partial charge < -0.3 is 30.1 Å². The van der Waals surface area contributed by atoms with E-state index in [0.29, 0.717) is 30.0 Å². The maximum atomic E-state index is 14.8. The maximum Gasteiger partial charge on any atom is 0.408 e. The van der Waals surface area contributed by atoms with Gasteiger partial charge >= 0.3 is 6.09 Å². The van der Waals surface area contributed by atoms with Crippen LogP contribution in [0.5, 0.6) is 11.5 Å². The van der Waals surface area contributed by atoms with Gasteiger partial charge in [-0.2, -0.15) is 0 Å². The molecular weight excluding hydrogens is 594 g/mol. The summed E-state index contributed by atoms with van der Waals surface area (Å²) in [6.45, 7) is 11.7. The Morgan fingerprint density at radius 3 is 2.13 bits per heavy atom. The van der Waals surface area contributed by atoms with Crippen LogP contribution in [0.25, 0.3) is 0 Å². The molecule has 0 aliphatic rings. The predicted molar refractivity (Wildman–Crippen MR) is 186 cm³/mol. The first-order valence-corrected chi connectivity index (χ1v) is 16.4. The first kappa shape index (κ1) is 36.9. The Morgan fingerprint density at radius 1 is 0.872 bits per heavy atom. The lowest BCUT2D eigenvalue weighted by molar-refractivity contribution is -0.140. The molecule has 0 aliphatic carbocycles. The van der Waals surface area contributed by atoms with Crippen molar-refractivity contribution in [1.29, 1.82) is 0 Å². The number of rotatable bonds is 15. The van der Waals surface area contributed by atoms with Crippen LogP contribution >= 0.6 is 0 Å². The van der Waals surface area contributed by atoms with Crippen LogP contribution in [0.2, 0.25) is 0 Å². The number of hydrogen-bond donors (Lipinski definition) is 3. The molecule has 2 unspecified atom stereocenters. The van der Waals surface area contributed by atoms with Crippen molar-refractivity contribution in [3.63, 3.8) is 0 Å². The third-order valence-corrected chi connectivity index (χ3v) is 7.92. The Morgan fingerprint density at radius 2 is 1.53 bits per heavy atom. The van der Waals surface area contributed by atoms with Crippen LogP contribution in [0.1, 0.15) is 88.1 Å². The van der Waals surface area contributed by atoms with Crippen molar-refractivity contribution >= 4 is 23.6 Å². The summed E-state index contributed by atoms with van der Waals surface area (Å²) in [6, 6.07) is 17.3. The van der Waals surface area contributed by atoms with E-state index in [2.05, 4.69) is 17.6 Å². The Bertz CT molecular complexity index is 1460. The van der Waals surface area contributed by atoms with Gasteiger partial charge in [-0.3, -0.25) is 9.59 Å². The number of phenolic OH excluding ortho intramolecular Hbond substituents is 1. The zero-order valence-electron chi connectivity index (χ0n) is 28.9. The van der Waals surface area contributed by atoms with Gasteiger partial charge in [0.2, 0.25) is 5.91 Å². The third kappa shape index (κ3) is 11.6. The topological polar surface area (TPSA) is 117 Å².